The summed E-state index contributed by atoms with van der Waals surface area (Å²) in [5, 5.41) is 6.10. The predicted octanol–water partition coefficient (Wildman–Crippen LogP) is 6.20. The standard InChI is InChI=1S/C22H30F2N6/c1-5-7-10-15(9-6-2)30-20-18(13-25-21(29-20)26-14(3)4)27-22(30)28-19-16(23)11-8-12-17(19)24/h8,11-15H,5-7,9-10H2,1-4H3,(H,27,28)(H,25,26,29). The quantitative estimate of drug-likeness (QED) is 0.412. The first kappa shape index (κ1) is 21.9. The molecule has 30 heavy (non-hydrogen) atoms. The second-order valence-electron chi connectivity index (χ2n) is 7.81. The summed E-state index contributed by atoms with van der Waals surface area (Å²) in [4.78, 5) is 13.6. The Balaban J connectivity index is 2.14. The molecule has 0 radical (unpaired) electrons. The monoisotopic (exact) mass is 416 g/mol. The number of imidazole rings is 1. The predicted molar refractivity (Wildman–Crippen MR) is 117 cm³/mol. The van der Waals surface area contributed by atoms with Crippen LogP contribution in [0.2, 0.25) is 0 Å². The molecule has 3 rings (SSSR count). The molecule has 1 aromatic carbocycles. The second-order valence-corrected chi connectivity index (χ2v) is 7.81. The van der Waals surface area contributed by atoms with Gasteiger partial charge in [-0.3, -0.25) is 4.57 Å². The average Bonchev–Trinajstić information content (AvgIpc) is 3.05. The lowest BCUT2D eigenvalue weighted by atomic mass is 10.0. The van der Waals surface area contributed by atoms with Crippen molar-refractivity contribution in [1.29, 1.82) is 0 Å². The Morgan fingerprint density at radius 2 is 1.77 bits per heavy atom. The van der Waals surface area contributed by atoms with Crippen molar-refractivity contribution in [1.82, 2.24) is 19.5 Å². The molecule has 0 spiro atoms. The van der Waals surface area contributed by atoms with Gasteiger partial charge in [0.15, 0.2) is 5.65 Å². The first-order valence-electron chi connectivity index (χ1n) is 10.7. The van der Waals surface area contributed by atoms with Gasteiger partial charge in [-0.2, -0.15) is 4.98 Å². The lowest BCUT2D eigenvalue weighted by molar-refractivity contribution is 0.428. The third-order valence-electron chi connectivity index (χ3n) is 4.93. The topological polar surface area (TPSA) is 67.7 Å². The van der Waals surface area contributed by atoms with E-state index >= 15 is 0 Å². The van der Waals surface area contributed by atoms with Crippen molar-refractivity contribution in [2.75, 3.05) is 10.6 Å². The number of anilines is 3. The lowest BCUT2D eigenvalue weighted by Crippen LogP contribution is -2.15. The molecule has 0 saturated carbocycles. The van der Waals surface area contributed by atoms with E-state index in [4.69, 9.17) is 0 Å². The van der Waals surface area contributed by atoms with Crippen molar-refractivity contribution in [3.63, 3.8) is 0 Å². The van der Waals surface area contributed by atoms with E-state index in [2.05, 4.69) is 39.4 Å². The molecular weight excluding hydrogens is 386 g/mol. The van der Waals surface area contributed by atoms with E-state index in [9.17, 15) is 8.78 Å². The van der Waals surface area contributed by atoms with Crippen molar-refractivity contribution < 1.29 is 8.78 Å². The van der Waals surface area contributed by atoms with Crippen LogP contribution in [0.3, 0.4) is 0 Å². The lowest BCUT2D eigenvalue weighted by Gasteiger charge is -2.21. The molecule has 2 N–H and O–H groups in total. The highest BCUT2D eigenvalue weighted by molar-refractivity contribution is 5.76. The Labute approximate surface area is 176 Å². The van der Waals surface area contributed by atoms with E-state index in [0.29, 0.717) is 23.1 Å². The average molecular weight is 417 g/mol. The van der Waals surface area contributed by atoms with Crippen molar-refractivity contribution in [2.45, 2.75) is 71.9 Å². The van der Waals surface area contributed by atoms with Crippen LogP contribution in [0.25, 0.3) is 11.2 Å². The Kier molecular flexibility index (Phi) is 7.18. The third-order valence-corrected chi connectivity index (χ3v) is 4.93. The molecule has 2 heterocycles. The molecule has 0 amide bonds. The normalized spacial score (nSPS) is 12.5. The number of para-hydroxylation sites is 1. The number of nitrogens with one attached hydrogen (secondary N) is 2. The van der Waals surface area contributed by atoms with Gasteiger partial charge in [0.2, 0.25) is 11.9 Å². The fourth-order valence-electron chi connectivity index (χ4n) is 3.56. The van der Waals surface area contributed by atoms with Crippen LogP contribution in [-0.2, 0) is 0 Å². The number of hydrogen-bond donors (Lipinski definition) is 2. The maximum Gasteiger partial charge on any atom is 0.224 e. The fraction of sp³-hybridized carbons (Fsp3) is 0.500. The van der Waals surface area contributed by atoms with Crippen LogP contribution in [0, 0.1) is 11.6 Å². The van der Waals surface area contributed by atoms with E-state index in [0.717, 1.165) is 32.1 Å². The molecule has 2 aromatic heterocycles. The van der Waals surface area contributed by atoms with E-state index in [1.807, 2.05) is 18.4 Å². The van der Waals surface area contributed by atoms with Gasteiger partial charge in [0.25, 0.3) is 0 Å². The summed E-state index contributed by atoms with van der Waals surface area (Å²) >= 11 is 0. The molecule has 3 aromatic rings. The summed E-state index contributed by atoms with van der Waals surface area (Å²) in [6, 6.07) is 4.08. The number of benzene rings is 1. The Hall–Kier alpha value is -2.77. The largest absolute Gasteiger partial charge is 0.352 e. The van der Waals surface area contributed by atoms with E-state index in [1.165, 1.54) is 18.2 Å². The fourth-order valence-corrected chi connectivity index (χ4v) is 3.56. The van der Waals surface area contributed by atoms with Gasteiger partial charge in [0, 0.05) is 12.1 Å². The van der Waals surface area contributed by atoms with Crippen molar-refractivity contribution in [3.8, 4) is 0 Å². The molecule has 0 bridgehead atoms. The Morgan fingerprint density at radius 3 is 2.40 bits per heavy atom. The number of nitrogens with zero attached hydrogens (tertiary/aromatic N) is 4. The third kappa shape index (κ3) is 4.86. The summed E-state index contributed by atoms with van der Waals surface area (Å²) in [7, 11) is 0. The summed E-state index contributed by atoms with van der Waals surface area (Å²) < 4.78 is 30.6. The number of hydrogen-bond acceptors (Lipinski definition) is 5. The highest BCUT2D eigenvalue weighted by Crippen LogP contribution is 2.32. The number of fused-ring (bicyclic) bond motifs is 1. The zero-order chi connectivity index (χ0) is 21.7. The smallest absolute Gasteiger partial charge is 0.224 e. The number of unbranched alkanes of at least 4 members (excludes halogenated alkanes) is 1. The number of rotatable bonds is 10. The van der Waals surface area contributed by atoms with Crippen molar-refractivity contribution >= 4 is 28.7 Å². The molecule has 162 valence electrons. The van der Waals surface area contributed by atoms with Crippen molar-refractivity contribution in [2.24, 2.45) is 0 Å². The summed E-state index contributed by atoms with van der Waals surface area (Å²) in [6.07, 6.45) is 6.57. The molecule has 1 atom stereocenters. The molecule has 0 aliphatic heterocycles. The molecule has 0 fully saturated rings. The highest BCUT2D eigenvalue weighted by Gasteiger charge is 2.22. The molecule has 0 aliphatic rings. The number of halogens is 2. The molecular formula is C22H30F2N6. The first-order chi connectivity index (χ1) is 14.4. The minimum atomic E-state index is -0.664. The van der Waals surface area contributed by atoms with Crippen LogP contribution in [0.1, 0.15) is 65.8 Å². The summed E-state index contributed by atoms with van der Waals surface area (Å²) in [5.41, 5.74) is 1.02. The molecule has 1 unspecified atom stereocenters. The summed E-state index contributed by atoms with van der Waals surface area (Å²) in [6.45, 7) is 8.30. The highest BCUT2D eigenvalue weighted by atomic mass is 19.1. The van der Waals surface area contributed by atoms with Gasteiger partial charge >= 0.3 is 0 Å². The zero-order valence-electron chi connectivity index (χ0n) is 18.0. The van der Waals surface area contributed by atoms with Gasteiger partial charge in [0.05, 0.1) is 6.20 Å². The van der Waals surface area contributed by atoms with E-state index < -0.39 is 11.6 Å². The minimum Gasteiger partial charge on any atom is -0.352 e. The molecule has 8 heteroatoms. The van der Waals surface area contributed by atoms with Gasteiger partial charge in [-0.25, -0.2) is 18.7 Å². The van der Waals surface area contributed by atoms with Crippen LogP contribution in [-0.4, -0.2) is 25.6 Å². The molecule has 0 aliphatic carbocycles. The zero-order valence-corrected chi connectivity index (χ0v) is 18.0. The van der Waals surface area contributed by atoms with Crippen LogP contribution in [0.4, 0.5) is 26.4 Å². The SMILES string of the molecule is CCCCC(CCC)n1c(Nc2c(F)cccc2F)nc2cnc(NC(C)C)nc21. The number of aromatic nitrogens is 4. The van der Waals surface area contributed by atoms with Gasteiger partial charge in [-0.1, -0.05) is 39.2 Å². The Morgan fingerprint density at radius 1 is 1.03 bits per heavy atom. The van der Waals surface area contributed by atoms with E-state index in [1.54, 1.807) is 6.20 Å². The van der Waals surface area contributed by atoms with Crippen molar-refractivity contribution in [3.05, 3.63) is 36.0 Å². The summed E-state index contributed by atoms with van der Waals surface area (Å²) in [5.74, 6) is -0.447. The van der Waals surface area contributed by atoms with Gasteiger partial charge in [0.1, 0.15) is 22.8 Å². The maximum absolute atomic E-state index is 14.3. The molecule has 0 saturated heterocycles. The minimum absolute atomic E-state index is 0.110. The van der Waals surface area contributed by atoms with Crippen LogP contribution < -0.4 is 10.6 Å². The van der Waals surface area contributed by atoms with Gasteiger partial charge in [-0.05, 0) is 38.8 Å². The van der Waals surface area contributed by atoms with Gasteiger partial charge < -0.3 is 10.6 Å². The van der Waals surface area contributed by atoms with Crippen LogP contribution in [0.15, 0.2) is 24.4 Å². The second kappa shape index (κ2) is 9.82. The van der Waals surface area contributed by atoms with Crippen LogP contribution in [0.5, 0.6) is 0 Å². The van der Waals surface area contributed by atoms with Gasteiger partial charge in [-0.15, -0.1) is 0 Å². The Bertz CT molecular complexity index is 965. The van der Waals surface area contributed by atoms with E-state index in [-0.39, 0.29) is 17.8 Å². The van der Waals surface area contributed by atoms with Crippen LogP contribution >= 0.6 is 0 Å². The first-order valence-corrected chi connectivity index (χ1v) is 10.7. The maximum atomic E-state index is 14.3. The molecule has 6 nitrogen and oxygen atoms in total.